The summed E-state index contributed by atoms with van der Waals surface area (Å²) in [5, 5.41) is 14.0. The number of carbonyl (C=O) groups is 1. The maximum Gasteiger partial charge on any atom is 1.00 e. The summed E-state index contributed by atoms with van der Waals surface area (Å²) in [5.41, 5.74) is 1.06. The first-order valence-corrected chi connectivity index (χ1v) is 13.7. The van der Waals surface area contributed by atoms with Crippen molar-refractivity contribution in [2.45, 2.75) is 9.79 Å². The predicted octanol–water partition coefficient (Wildman–Crippen LogP) is -8.35. The van der Waals surface area contributed by atoms with Crippen LogP contribution in [0.5, 0.6) is 5.75 Å². The third-order valence-corrected chi connectivity index (χ3v) is 7.66. The van der Waals surface area contributed by atoms with Crippen LogP contribution in [-0.2, 0) is 35.1 Å². The van der Waals surface area contributed by atoms with Crippen molar-refractivity contribution >= 4 is 63.2 Å². The number of aromatic hydroxyl groups is 1. The van der Waals surface area contributed by atoms with Crippen LogP contribution in [0.15, 0.2) is 69.5 Å². The van der Waals surface area contributed by atoms with Crippen LogP contribution >= 0.6 is 0 Å². The number of ketones is 1. The third-order valence-electron chi connectivity index (χ3n) is 5.10. The van der Waals surface area contributed by atoms with Crippen LogP contribution < -0.4 is 94.1 Å². The maximum atomic E-state index is 12.6. The number of anilines is 1. The van der Waals surface area contributed by atoms with Crippen molar-refractivity contribution < 1.29 is 137 Å². The topological polar surface area (TPSA) is 233 Å². The summed E-state index contributed by atoms with van der Waals surface area (Å²) >= 11 is 0. The Kier molecular flexibility index (Phi) is 12.2. The molecule has 13 nitrogen and oxygen atoms in total. The molecule has 0 saturated carbocycles. The van der Waals surface area contributed by atoms with Gasteiger partial charge in [0.1, 0.15) is 41.8 Å². The van der Waals surface area contributed by atoms with Crippen LogP contribution in [0.4, 0.5) is 5.69 Å². The molecule has 188 valence electrons. The molecule has 0 aromatic heterocycles. The number of benzene rings is 3. The molecule has 0 spiro atoms. The van der Waals surface area contributed by atoms with E-state index in [1.54, 1.807) is 0 Å². The second kappa shape index (κ2) is 13.1. The molecule has 3 aromatic carbocycles. The minimum atomic E-state index is -5.32. The molecule has 1 aliphatic rings. The molecule has 0 radical (unpaired) electrons. The van der Waals surface area contributed by atoms with Gasteiger partial charge in [0, 0.05) is 22.6 Å². The van der Waals surface area contributed by atoms with Gasteiger partial charge in [-0.3, -0.25) is 10.2 Å². The number of hydrogen-bond acceptors (Lipinski definition) is 13. The first-order chi connectivity index (χ1) is 16.6. The number of hydrogen-bond donors (Lipinski definition) is 2. The molecule has 0 bridgehead atoms. The van der Waals surface area contributed by atoms with Crippen LogP contribution in [0.3, 0.4) is 0 Å². The van der Waals surface area contributed by atoms with Gasteiger partial charge < -0.3 is 18.8 Å². The monoisotopic (exact) mass is 620 g/mol. The van der Waals surface area contributed by atoms with Crippen LogP contribution in [0.25, 0.3) is 15.7 Å². The largest absolute Gasteiger partial charge is 1.00 e. The van der Waals surface area contributed by atoms with Gasteiger partial charge in [0.25, 0.3) is 0 Å². The second-order valence-electron chi connectivity index (χ2n) is 7.33. The second-order valence-corrected chi connectivity index (χ2v) is 11.4. The molecule has 0 fully saturated rings. The summed E-state index contributed by atoms with van der Waals surface area (Å²) in [5.74, 6) is -2.14. The van der Waals surface area contributed by atoms with E-state index in [0.717, 1.165) is 18.2 Å². The number of nitrogens with one attached hydrogen (secondary N) is 1. The van der Waals surface area contributed by atoms with Crippen molar-refractivity contribution in [3.05, 3.63) is 65.7 Å². The van der Waals surface area contributed by atoms with Gasteiger partial charge in [0.15, 0.2) is 5.75 Å². The third kappa shape index (κ3) is 7.59. The van der Waals surface area contributed by atoms with Gasteiger partial charge in [-0.25, -0.2) is 25.3 Å². The fourth-order valence-electron chi connectivity index (χ4n) is 3.54. The zero-order valence-corrected chi connectivity index (χ0v) is 28.8. The van der Waals surface area contributed by atoms with E-state index in [0.29, 0.717) is 12.1 Å². The van der Waals surface area contributed by atoms with E-state index in [2.05, 4.69) is 10.5 Å². The molecule has 39 heavy (non-hydrogen) atoms. The average molecular weight is 620 g/mol. The Morgan fingerprint density at radius 2 is 1.36 bits per heavy atom. The van der Waals surface area contributed by atoms with E-state index in [-0.39, 0.29) is 111 Å². The molecule has 0 heterocycles. The van der Waals surface area contributed by atoms with Crippen LogP contribution in [0.1, 0.15) is 11.1 Å². The standard InChI is InChI=1S/C20H14N2O11S3.3Na/c23-15-9-16(35(28,29)30)13-3-1-2-4-14(13)18(15)21-22-19-12-6-5-11(34(25,26)27)7-10(12)8-17(20(19)24)36(31,32)33;;;/h1-9,22,24H,(H,25,26,27)(H,28,29,30)(H,31,32,33);;;/q;3*+1/p-3/b21-18-;;;. The Balaban J connectivity index is 0.00000253. The van der Waals surface area contributed by atoms with E-state index in [4.69, 9.17) is 0 Å². The van der Waals surface area contributed by atoms with E-state index < -0.39 is 68.0 Å². The van der Waals surface area contributed by atoms with Crippen molar-refractivity contribution in [3.8, 4) is 5.75 Å². The minimum absolute atomic E-state index is 0. The number of fused-ring (bicyclic) bond motifs is 2. The SMILES string of the molecule is O=C1C=C(S(=O)(=O)[O-])c2ccccc2/C1=N/Nc1c(O)c(S(=O)(=O)[O-])cc2cc(S(=O)(=O)[O-])ccc12.[Na+].[Na+].[Na+]. The Hall–Kier alpha value is -0.670. The van der Waals surface area contributed by atoms with Crippen molar-refractivity contribution in [2.24, 2.45) is 5.10 Å². The smallest absolute Gasteiger partial charge is 0.744 e. The molecule has 0 atom stereocenters. The van der Waals surface area contributed by atoms with Gasteiger partial charge in [-0.15, -0.1) is 0 Å². The summed E-state index contributed by atoms with van der Waals surface area (Å²) in [6.45, 7) is 0. The predicted molar refractivity (Wildman–Crippen MR) is 121 cm³/mol. The first kappa shape index (κ1) is 36.4. The molecule has 0 amide bonds. The fourth-order valence-corrected chi connectivity index (χ4v) is 5.36. The summed E-state index contributed by atoms with van der Waals surface area (Å²) in [7, 11) is -15.3. The minimum Gasteiger partial charge on any atom is -0.744 e. The Morgan fingerprint density at radius 3 is 1.90 bits per heavy atom. The summed E-state index contributed by atoms with van der Waals surface area (Å²) in [4.78, 5) is 9.89. The van der Waals surface area contributed by atoms with Crippen LogP contribution in [0.2, 0.25) is 0 Å². The fraction of sp³-hybridized carbons (Fsp3) is 0. The van der Waals surface area contributed by atoms with Crippen molar-refractivity contribution in [3.63, 3.8) is 0 Å². The van der Waals surface area contributed by atoms with E-state index >= 15 is 0 Å². The first-order valence-electron chi connectivity index (χ1n) is 9.46. The van der Waals surface area contributed by atoms with Gasteiger partial charge in [-0.1, -0.05) is 30.3 Å². The molecular weight excluding hydrogens is 609 g/mol. The van der Waals surface area contributed by atoms with E-state index in [1.165, 1.54) is 24.3 Å². The number of hydrazone groups is 1. The van der Waals surface area contributed by atoms with E-state index in [1.807, 2.05) is 0 Å². The quantitative estimate of drug-likeness (QED) is 0.117. The molecule has 3 aromatic rings. The number of nitrogens with zero attached hydrogens (tertiary/aromatic N) is 1. The zero-order valence-electron chi connectivity index (χ0n) is 20.4. The van der Waals surface area contributed by atoms with Crippen molar-refractivity contribution in [1.82, 2.24) is 0 Å². The Labute approximate surface area is 288 Å². The van der Waals surface area contributed by atoms with Gasteiger partial charge in [-0.05, 0) is 23.6 Å². The van der Waals surface area contributed by atoms with Crippen LogP contribution in [-0.4, -0.2) is 55.5 Å². The molecule has 2 N–H and O–H groups in total. The number of carbonyl (C=O) groups excluding carboxylic acids is 1. The Bertz CT molecular complexity index is 1870. The van der Waals surface area contributed by atoms with Gasteiger partial charge >= 0.3 is 88.7 Å². The molecule has 0 aliphatic heterocycles. The molecule has 1 aliphatic carbocycles. The summed E-state index contributed by atoms with van der Waals surface area (Å²) in [6, 6.07) is 8.70. The number of phenols is 1. The molecule has 0 saturated heterocycles. The van der Waals surface area contributed by atoms with Crippen molar-refractivity contribution in [2.75, 3.05) is 5.43 Å². The number of rotatable bonds is 5. The summed E-state index contributed by atoms with van der Waals surface area (Å²) in [6.07, 6.45) is 0.549. The van der Waals surface area contributed by atoms with E-state index in [9.17, 15) is 48.8 Å². The van der Waals surface area contributed by atoms with Gasteiger partial charge in [-0.2, -0.15) is 5.10 Å². The zero-order chi connectivity index (χ0) is 26.6. The van der Waals surface area contributed by atoms with Crippen molar-refractivity contribution in [1.29, 1.82) is 0 Å². The normalized spacial score (nSPS) is 14.4. The molecule has 0 unspecified atom stereocenters. The average Bonchev–Trinajstić information content (AvgIpc) is 2.76. The molecule has 4 rings (SSSR count). The molecular formula is C20H11N2Na3O11S3. The van der Waals surface area contributed by atoms with Crippen LogP contribution in [0, 0.1) is 0 Å². The van der Waals surface area contributed by atoms with Gasteiger partial charge in [0.05, 0.1) is 14.7 Å². The summed E-state index contributed by atoms with van der Waals surface area (Å²) < 4.78 is 104. The molecule has 19 heteroatoms. The number of phenolic OH excluding ortho intramolecular Hbond substituents is 1. The maximum absolute atomic E-state index is 12.6. The van der Waals surface area contributed by atoms with Gasteiger partial charge in [0.2, 0.25) is 5.78 Å². The number of allylic oxidation sites excluding steroid dienone is 1. The Morgan fingerprint density at radius 1 is 0.769 bits per heavy atom.